The molecule has 16 heavy (non-hydrogen) atoms. The number of nitrogens with one attached hydrogen (secondary N) is 1. The zero-order valence-electron chi connectivity index (χ0n) is 8.61. The van der Waals surface area contributed by atoms with Gasteiger partial charge in [0.15, 0.2) is 5.40 Å². The van der Waals surface area contributed by atoms with Gasteiger partial charge in [-0.2, -0.15) is 0 Å². The Labute approximate surface area is 92.4 Å². The molecule has 0 aromatic rings. The number of hydrogen-bond acceptors (Lipinski definition) is 3. The molecule has 0 fully saturated rings. The second kappa shape index (κ2) is 5.91. The topological polar surface area (TPSA) is 144 Å². The van der Waals surface area contributed by atoms with Crippen molar-refractivity contribution in [2.45, 2.75) is 25.2 Å². The van der Waals surface area contributed by atoms with Crippen molar-refractivity contribution in [3.8, 4) is 0 Å². The molecular weight excluding hydrogens is 260 g/mol. The summed E-state index contributed by atoms with van der Waals surface area (Å²) in [5, 5.41) is 0.223. The van der Waals surface area contributed by atoms with Crippen LogP contribution < -0.4 is 5.32 Å². The van der Waals surface area contributed by atoms with Gasteiger partial charge in [-0.15, -0.1) is 0 Å². The lowest BCUT2D eigenvalue weighted by Gasteiger charge is -2.19. The number of rotatable bonds is 6. The molecule has 0 saturated carbocycles. The third-order valence-electron chi connectivity index (χ3n) is 1.82. The van der Waals surface area contributed by atoms with Crippen LogP contribution in [0.25, 0.3) is 0 Å². The molecule has 96 valence electrons. The van der Waals surface area contributed by atoms with E-state index in [0.717, 1.165) is 0 Å². The van der Waals surface area contributed by atoms with Gasteiger partial charge in [-0.25, -0.2) is 0 Å². The van der Waals surface area contributed by atoms with Gasteiger partial charge in [0.05, 0.1) is 0 Å². The highest BCUT2D eigenvalue weighted by molar-refractivity contribution is 7.70. The maximum Gasteiger partial charge on any atom is 0.340 e. The van der Waals surface area contributed by atoms with E-state index in [1.807, 2.05) is 0 Å². The molecule has 0 aliphatic heterocycles. The average molecular weight is 275 g/mol. The molecule has 10 heteroatoms. The van der Waals surface area contributed by atoms with Gasteiger partial charge in [0.25, 0.3) is 0 Å². The van der Waals surface area contributed by atoms with Gasteiger partial charge in [0, 0.05) is 13.0 Å². The smallest absolute Gasteiger partial charge is 0.340 e. The fourth-order valence-electron chi connectivity index (χ4n) is 0.998. The van der Waals surface area contributed by atoms with E-state index >= 15 is 0 Å². The molecule has 0 bridgehead atoms. The van der Waals surface area contributed by atoms with Crippen molar-refractivity contribution >= 4 is 21.1 Å². The molecule has 0 aromatic carbocycles. The molecule has 0 radical (unpaired) electrons. The van der Waals surface area contributed by atoms with Crippen LogP contribution in [-0.2, 0) is 13.9 Å². The number of amides is 1. The fraction of sp³-hybridized carbons (Fsp3) is 0.833. The fourth-order valence-corrected chi connectivity index (χ4v) is 3.50. The molecule has 0 unspecified atom stereocenters. The molecule has 0 aliphatic rings. The van der Waals surface area contributed by atoms with E-state index in [0.29, 0.717) is 0 Å². The molecule has 0 rings (SSSR count). The van der Waals surface area contributed by atoms with E-state index in [1.165, 1.54) is 0 Å². The molecule has 0 aliphatic carbocycles. The molecule has 0 heterocycles. The standard InChI is InChI=1S/C6H15NO7P2/c1-2-5(8)7-4-3-6(15(9,10)11)16(12,13)14/h6H,2-4H2,1H3,(H,7,8)(H2,9,10,11)(H2,12,13,14). The van der Waals surface area contributed by atoms with Crippen molar-refractivity contribution < 1.29 is 33.5 Å². The summed E-state index contributed by atoms with van der Waals surface area (Å²) < 4.78 is 21.6. The summed E-state index contributed by atoms with van der Waals surface area (Å²) in [5.74, 6) is -0.352. The average Bonchev–Trinajstić information content (AvgIpc) is 2.07. The van der Waals surface area contributed by atoms with Crippen molar-refractivity contribution in [1.29, 1.82) is 0 Å². The third kappa shape index (κ3) is 5.75. The minimum absolute atomic E-state index is 0.187. The van der Waals surface area contributed by atoms with Gasteiger partial charge in [-0.1, -0.05) is 6.92 Å². The van der Waals surface area contributed by atoms with E-state index in [1.54, 1.807) is 6.92 Å². The first-order chi connectivity index (χ1) is 7.09. The number of carbonyl (C=O) groups is 1. The second-order valence-corrected chi connectivity index (χ2v) is 7.16. The van der Waals surface area contributed by atoms with E-state index in [2.05, 4.69) is 5.32 Å². The molecule has 5 N–H and O–H groups in total. The molecule has 0 spiro atoms. The Balaban J connectivity index is 4.44. The monoisotopic (exact) mass is 275 g/mol. The Bertz CT molecular complexity index is 310. The largest absolute Gasteiger partial charge is 0.356 e. The van der Waals surface area contributed by atoms with Crippen molar-refractivity contribution in [2.75, 3.05) is 6.54 Å². The van der Waals surface area contributed by atoms with Crippen molar-refractivity contribution in [2.24, 2.45) is 0 Å². The second-order valence-electron chi connectivity index (χ2n) is 3.15. The quantitative estimate of drug-likeness (QED) is 0.414. The number of hydrogen-bond donors (Lipinski definition) is 5. The first-order valence-corrected chi connectivity index (χ1v) is 7.82. The van der Waals surface area contributed by atoms with Gasteiger partial charge in [0.2, 0.25) is 5.91 Å². The third-order valence-corrected chi connectivity index (χ3v) is 5.70. The van der Waals surface area contributed by atoms with Crippen LogP contribution in [0.1, 0.15) is 19.8 Å². The van der Waals surface area contributed by atoms with Gasteiger partial charge < -0.3 is 24.9 Å². The molecule has 0 atom stereocenters. The molecule has 1 amide bonds. The molecular formula is C6H15NO7P2. The van der Waals surface area contributed by atoms with Crippen LogP contribution in [0.5, 0.6) is 0 Å². The van der Waals surface area contributed by atoms with Crippen LogP contribution in [0.15, 0.2) is 0 Å². The predicted molar refractivity (Wildman–Crippen MR) is 55.8 cm³/mol. The zero-order valence-corrected chi connectivity index (χ0v) is 10.4. The van der Waals surface area contributed by atoms with Crippen molar-refractivity contribution in [3.05, 3.63) is 0 Å². The lowest BCUT2D eigenvalue weighted by Crippen LogP contribution is -2.26. The van der Waals surface area contributed by atoms with Crippen molar-refractivity contribution in [3.63, 3.8) is 0 Å². The maximum absolute atomic E-state index is 10.8. The zero-order chi connectivity index (χ0) is 13.0. The molecule has 0 saturated heterocycles. The highest BCUT2D eigenvalue weighted by Crippen LogP contribution is 2.61. The summed E-state index contributed by atoms with van der Waals surface area (Å²) in [5.41, 5.74) is 0. The Kier molecular flexibility index (Phi) is 5.82. The minimum Gasteiger partial charge on any atom is -0.356 e. The summed E-state index contributed by atoms with van der Waals surface area (Å²) in [6.45, 7) is 1.40. The summed E-state index contributed by atoms with van der Waals surface area (Å²) >= 11 is 0. The van der Waals surface area contributed by atoms with Crippen molar-refractivity contribution in [1.82, 2.24) is 5.32 Å². The van der Waals surface area contributed by atoms with Crippen LogP contribution in [0.3, 0.4) is 0 Å². The van der Waals surface area contributed by atoms with Crippen LogP contribution in [0.4, 0.5) is 0 Å². The summed E-state index contributed by atoms with van der Waals surface area (Å²) in [6.07, 6.45) is -0.281. The van der Waals surface area contributed by atoms with E-state index in [-0.39, 0.29) is 18.9 Å². The highest BCUT2D eigenvalue weighted by atomic mass is 31.2. The van der Waals surface area contributed by atoms with Crippen LogP contribution in [0.2, 0.25) is 0 Å². The maximum atomic E-state index is 10.8. The van der Waals surface area contributed by atoms with Crippen LogP contribution in [-0.4, -0.2) is 37.4 Å². The van der Waals surface area contributed by atoms with E-state index in [9.17, 15) is 13.9 Å². The van der Waals surface area contributed by atoms with Gasteiger partial charge in [-0.3, -0.25) is 13.9 Å². The SMILES string of the molecule is CCC(=O)NCCC(P(=O)(O)O)P(=O)(O)O. The highest BCUT2D eigenvalue weighted by Gasteiger charge is 2.42. The molecule has 0 aromatic heterocycles. The lowest BCUT2D eigenvalue weighted by molar-refractivity contribution is -0.120. The lowest BCUT2D eigenvalue weighted by atomic mass is 10.4. The summed E-state index contributed by atoms with van der Waals surface area (Å²) in [6, 6.07) is 0. The first kappa shape index (κ1) is 15.8. The molecule has 8 nitrogen and oxygen atoms in total. The number of carbonyl (C=O) groups excluding carboxylic acids is 1. The van der Waals surface area contributed by atoms with Gasteiger partial charge >= 0.3 is 15.2 Å². The summed E-state index contributed by atoms with van der Waals surface area (Å²) in [7, 11) is -9.76. The van der Waals surface area contributed by atoms with E-state index in [4.69, 9.17) is 19.6 Å². The van der Waals surface area contributed by atoms with E-state index < -0.39 is 27.0 Å². The predicted octanol–water partition coefficient (Wildman–Crippen LogP) is -0.416. The Morgan fingerprint density at radius 3 is 1.94 bits per heavy atom. The van der Waals surface area contributed by atoms with Gasteiger partial charge in [-0.05, 0) is 6.42 Å². The summed E-state index contributed by atoms with van der Waals surface area (Å²) in [4.78, 5) is 45.8. The Morgan fingerprint density at radius 2 is 1.62 bits per heavy atom. The first-order valence-electron chi connectivity index (χ1n) is 4.46. The Morgan fingerprint density at radius 1 is 1.19 bits per heavy atom. The van der Waals surface area contributed by atoms with Crippen LogP contribution >= 0.6 is 15.2 Å². The normalized spacial score (nSPS) is 12.9. The Hall–Kier alpha value is -0.230. The van der Waals surface area contributed by atoms with Crippen LogP contribution in [0, 0.1) is 0 Å². The minimum atomic E-state index is -4.88. The van der Waals surface area contributed by atoms with Gasteiger partial charge in [0.1, 0.15) is 0 Å².